The van der Waals surface area contributed by atoms with E-state index >= 15 is 0 Å². The zero-order chi connectivity index (χ0) is 21.8. The maximum atomic E-state index is 12.4. The van der Waals surface area contributed by atoms with E-state index in [2.05, 4.69) is 20.8 Å². The van der Waals surface area contributed by atoms with E-state index in [1.165, 1.54) is 0 Å². The molecule has 0 fully saturated rings. The number of hydrogen-bond donors (Lipinski definition) is 2. The number of aromatic nitrogens is 4. The molecule has 4 aromatic rings. The highest BCUT2D eigenvalue weighted by Gasteiger charge is 2.10. The zero-order valence-corrected chi connectivity index (χ0v) is 17.2. The van der Waals surface area contributed by atoms with Gasteiger partial charge in [-0.15, -0.1) is 0 Å². The Morgan fingerprint density at radius 1 is 0.968 bits per heavy atom. The second kappa shape index (κ2) is 8.66. The van der Waals surface area contributed by atoms with E-state index in [0.717, 1.165) is 22.8 Å². The molecule has 8 heteroatoms. The monoisotopic (exact) mass is 414 g/mol. The Bertz CT molecular complexity index is 1190. The fraction of sp³-hybridized carbons (Fsp3) is 0.130. The second-order valence-corrected chi connectivity index (χ2v) is 7.11. The second-order valence-electron chi connectivity index (χ2n) is 7.11. The van der Waals surface area contributed by atoms with Crippen LogP contribution in [0.3, 0.4) is 0 Å². The maximum Gasteiger partial charge on any atom is 0.251 e. The minimum Gasteiger partial charge on any atom is -0.343 e. The standard InChI is InChI=1S/C23H22N6O2/c1-16-14-17(2)29(27-16)21-8-4-18(5-9-21)23(31)24-15-22(30)26-19-6-10-20(11-7-19)28-13-3-12-25-28/h3-14H,15H2,1-2H3,(H,24,31)(H,26,30). The highest BCUT2D eigenvalue weighted by Crippen LogP contribution is 2.14. The zero-order valence-electron chi connectivity index (χ0n) is 17.2. The van der Waals surface area contributed by atoms with Gasteiger partial charge in [-0.25, -0.2) is 9.36 Å². The van der Waals surface area contributed by atoms with Crippen molar-refractivity contribution < 1.29 is 9.59 Å². The number of aryl methyl sites for hydroxylation is 2. The number of benzene rings is 2. The van der Waals surface area contributed by atoms with Crippen LogP contribution in [-0.2, 0) is 4.79 Å². The molecule has 2 aromatic heterocycles. The summed E-state index contributed by atoms with van der Waals surface area (Å²) in [5.74, 6) is -0.622. The molecule has 0 atom stereocenters. The number of nitrogens with one attached hydrogen (secondary N) is 2. The molecule has 0 radical (unpaired) electrons. The van der Waals surface area contributed by atoms with Crippen molar-refractivity contribution in [1.82, 2.24) is 24.9 Å². The van der Waals surface area contributed by atoms with Crippen LogP contribution in [-0.4, -0.2) is 37.9 Å². The molecule has 0 saturated heterocycles. The van der Waals surface area contributed by atoms with Gasteiger partial charge in [0.15, 0.2) is 0 Å². The summed E-state index contributed by atoms with van der Waals surface area (Å²) in [7, 11) is 0. The largest absolute Gasteiger partial charge is 0.343 e. The number of nitrogens with zero attached hydrogens (tertiary/aromatic N) is 4. The first-order chi connectivity index (χ1) is 15.0. The van der Waals surface area contributed by atoms with Crippen LogP contribution < -0.4 is 10.6 Å². The quantitative estimate of drug-likeness (QED) is 0.507. The Morgan fingerprint density at radius 2 is 1.68 bits per heavy atom. The van der Waals surface area contributed by atoms with Crippen LogP contribution in [0.15, 0.2) is 73.1 Å². The molecule has 0 spiro atoms. The molecule has 0 aliphatic carbocycles. The summed E-state index contributed by atoms with van der Waals surface area (Å²) in [5.41, 5.74) is 4.83. The van der Waals surface area contributed by atoms with Crippen molar-refractivity contribution in [3.63, 3.8) is 0 Å². The average molecular weight is 414 g/mol. The molecule has 156 valence electrons. The highest BCUT2D eigenvalue weighted by molar-refractivity contribution is 5.99. The lowest BCUT2D eigenvalue weighted by Crippen LogP contribution is -2.32. The molecule has 0 saturated carbocycles. The van der Waals surface area contributed by atoms with Gasteiger partial charge in [0.2, 0.25) is 5.91 Å². The maximum absolute atomic E-state index is 12.4. The Hall–Kier alpha value is -4.20. The molecule has 2 heterocycles. The lowest BCUT2D eigenvalue weighted by molar-refractivity contribution is -0.115. The summed E-state index contributed by atoms with van der Waals surface area (Å²) < 4.78 is 3.55. The van der Waals surface area contributed by atoms with Crippen molar-refractivity contribution in [1.29, 1.82) is 0 Å². The van der Waals surface area contributed by atoms with E-state index < -0.39 is 0 Å². The molecule has 0 aliphatic heterocycles. The first kappa shape index (κ1) is 20.1. The predicted octanol–water partition coefficient (Wildman–Crippen LogP) is 3.04. The topological polar surface area (TPSA) is 93.8 Å². The number of hydrogen-bond acceptors (Lipinski definition) is 4. The summed E-state index contributed by atoms with van der Waals surface area (Å²) in [6.07, 6.45) is 3.54. The van der Waals surface area contributed by atoms with Gasteiger partial charge in [0.25, 0.3) is 5.91 Å². The van der Waals surface area contributed by atoms with Crippen molar-refractivity contribution in [3.8, 4) is 11.4 Å². The van der Waals surface area contributed by atoms with Gasteiger partial charge in [-0.05, 0) is 74.5 Å². The van der Waals surface area contributed by atoms with Crippen molar-refractivity contribution in [3.05, 3.63) is 90.0 Å². The van der Waals surface area contributed by atoms with Gasteiger partial charge in [0.05, 0.1) is 23.6 Å². The van der Waals surface area contributed by atoms with Crippen LogP contribution in [0.1, 0.15) is 21.7 Å². The van der Waals surface area contributed by atoms with Crippen LogP contribution in [0.5, 0.6) is 0 Å². The van der Waals surface area contributed by atoms with E-state index in [4.69, 9.17) is 0 Å². The third kappa shape index (κ3) is 4.69. The number of carbonyl (C=O) groups excluding carboxylic acids is 2. The first-order valence-electron chi connectivity index (χ1n) is 9.81. The molecule has 0 bridgehead atoms. The van der Waals surface area contributed by atoms with Gasteiger partial charge in [0, 0.05) is 29.3 Å². The number of rotatable bonds is 6. The third-order valence-corrected chi connectivity index (χ3v) is 4.71. The van der Waals surface area contributed by atoms with E-state index in [1.54, 1.807) is 35.1 Å². The Labute approximate surface area is 179 Å². The molecular weight excluding hydrogens is 392 g/mol. The van der Waals surface area contributed by atoms with Gasteiger partial charge in [-0.1, -0.05) is 0 Å². The summed E-state index contributed by atoms with van der Waals surface area (Å²) in [5, 5.41) is 14.0. The predicted molar refractivity (Wildman–Crippen MR) is 118 cm³/mol. The Morgan fingerprint density at radius 3 is 2.29 bits per heavy atom. The fourth-order valence-electron chi connectivity index (χ4n) is 3.23. The molecule has 0 aliphatic rings. The van der Waals surface area contributed by atoms with Crippen LogP contribution in [0.25, 0.3) is 11.4 Å². The Balaban J connectivity index is 1.31. The molecule has 31 heavy (non-hydrogen) atoms. The molecule has 2 amide bonds. The molecule has 0 unspecified atom stereocenters. The van der Waals surface area contributed by atoms with Crippen molar-refractivity contribution >= 4 is 17.5 Å². The summed E-state index contributed by atoms with van der Waals surface area (Å²) in [6, 6.07) is 18.2. The average Bonchev–Trinajstić information content (AvgIpc) is 3.42. The minimum absolute atomic E-state index is 0.126. The number of carbonyl (C=O) groups is 2. The smallest absolute Gasteiger partial charge is 0.251 e. The van der Waals surface area contributed by atoms with Crippen molar-refractivity contribution in [2.45, 2.75) is 13.8 Å². The first-order valence-corrected chi connectivity index (χ1v) is 9.81. The van der Waals surface area contributed by atoms with Crippen molar-refractivity contribution in [2.75, 3.05) is 11.9 Å². The third-order valence-electron chi connectivity index (χ3n) is 4.71. The summed E-state index contributed by atoms with van der Waals surface area (Å²) >= 11 is 0. The lowest BCUT2D eigenvalue weighted by atomic mass is 10.2. The van der Waals surface area contributed by atoms with E-state index in [0.29, 0.717) is 11.3 Å². The summed E-state index contributed by atoms with van der Waals surface area (Å²) in [6.45, 7) is 3.79. The Kier molecular flexibility index (Phi) is 5.61. The normalized spacial score (nSPS) is 10.6. The SMILES string of the molecule is Cc1cc(C)n(-c2ccc(C(=O)NCC(=O)Nc3ccc(-n4cccn4)cc3)cc2)n1. The lowest BCUT2D eigenvalue weighted by Gasteiger charge is -2.09. The van der Waals surface area contributed by atoms with Gasteiger partial charge in [-0.2, -0.15) is 10.2 Å². The van der Waals surface area contributed by atoms with Crippen LogP contribution in [0.4, 0.5) is 5.69 Å². The van der Waals surface area contributed by atoms with Crippen molar-refractivity contribution in [2.24, 2.45) is 0 Å². The molecule has 2 aromatic carbocycles. The molecule has 4 rings (SSSR count). The minimum atomic E-state index is -0.316. The van der Waals surface area contributed by atoms with Crippen LogP contribution >= 0.6 is 0 Å². The fourth-order valence-corrected chi connectivity index (χ4v) is 3.23. The van der Waals surface area contributed by atoms with E-state index in [1.807, 2.05) is 61.1 Å². The number of anilines is 1. The highest BCUT2D eigenvalue weighted by atomic mass is 16.2. The molecular formula is C23H22N6O2. The molecule has 8 nitrogen and oxygen atoms in total. The van der Waals surface area contributed by atoms with Gasteiger partial charge in [0.1, 0.15) is 0 Å². The van der Waals surface area contributed by atoms with Gasteiger partial charge in [-0.3, -0.25) is 9.59 Å². The van der Waals surface area contributed by atoms with Crippen LogP contribution in [0.2, 0.25) is 0 Å². The van der Waals surface area contributed by atoms with E-state index in [-0.39, 0.29) is 18.4 Å². The van der Waals surface area contributed by atoms with E-state index in [9.17, 15) is 9.59 Å². The summed E-state index contributed by atoms with van der Waals surface area (Å²) in [4.78, 5) is 24.6. The van der Waals surface area contributed by atoms with Gasteiger partial charge < -0.3 is 10.6 Å². The van der Waals surface area contributed by atoms with Crippen LogP contribution in [0, 0.1) is 13.8 Å². The van der Waals surface area contributed by atoms with Gasteiger partial charge >= 0.3 is 0 Å². The number of amides is 2. The molecule has 2 N–H and O–H groups in total.